The first kappa shape index (κ1) is 17.6. The van der Waals surface area contributed by atoms with Crippen LogP contribution in [0.3, 0.4) is 0 Å². The van der Waals surface area contributed by atoms with Gasteiger partial charge >= 0.3 is 0 Å². The van der Waals surface area contributed by atoms with Crippen molar-refractivity contribution in [2.45, 2.75) is 4.75 Å². The van der Waals surface area contributed by atoms with E-state index < -0.39 is 4.75 Å². The minimum absolute atomic E-state index is 0.0340. The Morgan fingerprint density at radius 2 is 2.04 bits per heavy atom. The molecule has 3 aromatic rings. The first-order valence-electron chi connectivity index (χ1n) is 8.61. The third kappa shape index (κ3) is 2.62. The number of benzene rings is 2. The molecule has 4 N–H and O–H groups in total. The van der Waals surface area contributed by atoms with Gasteiger partial charge in [0.25, 0.3) is 5.91 Å². The van der Waals surface area contributed by atoms with Crippen molar-refractivity contribution in [2.75, 3.05) is 24.7 Å². The molecule has 0 fully saturated rings. The van der Waals surface area contributed by atoms with E-state index in [1.807, 2.05) is 36.5 Å². The van der Waals surface area contributed by atoms with Gasteiger partial charge in [-0.15, -0.1) is 11.8 Å². The number of anilines is 1. The molecule has 1 atom stereocenters. The van der Waals surface area contributed by atoms with Crippen LogP contribution in [0.1, 0.15) is 21.5 Å². The maximum absolute atomic E-state index is 13.2. The van der Waals surface area contributed by atoms with Crippen LogP contribution in [-0.2, 0) is 9.54 Å². The van der Waals surface area contributed by atoms with Crippen molar-refractivity contribution in [3.05, 3.63) is 65.4 Å². The molecule has 4 rings (SSSR count). The Morgan fingerprint density at radius 3 is 2.81 bits per heavy atom. The topological polar surface area (TPSA) is 94.2 Å². The monoisotopic (exact) mass is 381 g/mol. The van der Waals surface area contributed by atoms with Gasteiger partial charge in [0.1, 0.15) is 4.75 Å². The highest BCUT2D eigenvalue weighted by atomic mass is 32.2. The lowest BCUT2D eigenvalue weighted by molar-refractivity contribution is -0.117. The maximum atomic E-state index is 13.2. The Labute approximate surface area is 160 Å². The van der Waals surface area contributed by atoms with Crippen LogP contribution in [-0.4, -0.2) is 41.3 Å². The first-order valence-corrected chi connectivity index (χ1v) is 9.60. The number of aliphatic hydroxyl groups is 1. The van der Waals surface area contributed by atoms with Crippen molar-refractivity contribution in [1.82, 2.24) is 10.3 Å². The summed E-state index contributed by atoms with van der Waals surface area (Å²) in [6.45, 7) is -0.0340. The summed E-state index contributed by atoms with van der Waals surface area (Å²) in [7, 11) is 1.59. The SMILES string of the molecule is CNC(=O)c1ccc2[nH]cc(C3(SCCO)C(=O)Nc4ccccc43)c2c1. The molecule has 1 aliphatic heterocycles. The molecule has 0 saturated carbocycles. The van der Waals surface area contributed by atoms with Gasteiger partial charge in [-0.3, -0.25) is 9.59 Å². The molecule has 0 spiro atoms. The van der Waals surface area contributed by atoms with Crippen LogP contribution < -0.4 is 10.6 Å². The average Bonchev–Trinajstić information content (AvgIpc) is 3.24. The molecular weight excluding hydrogens is 362 g/mol. The smallest absolute Gasteiger partial charge is 0.251 e. The number of carbonyl (C=O) groups excluding carboxylic acids is 2. The van der Waals surface area contributed by atoms with E-state index in [1.165, 1.54) is 11.8 Å². The van der Waals surface area contributed by atoms with Crippen molar-refractivity contribution in [1.29, 1.82) is 0 Å². The van der Waals surface area contributed by atoms with Gasteiger partial charge < -0.3 is 20.7 Å². The van der Waals surface area contributed by atoms with Gasteiger partial charge in [-0.2, -0.15) is 0 Å². The van der Waals surface area contributed by atoms with Crippen LogP contribution in [0.4, 0.5) is 5.69 Å². The quantitative estimate of drug-likeness (QED) is 0.546. The molecule has 0 radical (unpaired) electrons. The summed E-state index contributed by atoms with van der Waals surface area (Å²) in [4.78, 5) is 28.5. The molecule has 2 aromatic carbocycles. The van der Waals surface area contributed by atoms with Gasteiger partial charge in [-0.25, -0.2) is 0 Å². The molecule has 1 unspecified atom stereocenters. The summed E-state index contributed by atoms with van der Waals surface area (Å²) in [5, 5.41) is 15.8. The van der Waals surface area contributed by atoms with E-state index in [-0.39, 0.29) is 18.4 Å². The van der Waals surface area contributed by atoms with E-state index in [9.17, 15) is 14.7 Å². The minimum atomic E-state index is -0.987. The van der Waals surface area contributed by atoms with Crippen LogP contribution in [0, 0.1) is 0 Å². The maximum Gasteiger partial charge on any atom is 0.251 e. The second-order valence-corrected chi connectivity index (χ2v) is 7.60. The molecule has 6 nitrogen and oxygen atoms in total. The van der Waals surface area contributed by atoms with Crippen molar-refractivity contribution in [2.24, 2.45) is 0 Å². The van der Waals surface area contributed by atoms with Crippen LogP contribution in [0.5, 0.6) is 0 Å². The number of fused-ring (bicyclic) bond motifs is 2. The standard InChI is InChI=1S/C20H19N3O3S/c1-21-18(25)12-6-7-16-13(10-12)15(11-22-16)20(27-9-8-24)14-4-2-3-5-17(14)23-19(20)26/h2-7,10-11,22,24H,8-9H2,1H3,(H,21,25)(H,23,26). The van der Waals surface area contributed by atoms with Crippen LogP contribution in [0.25, 0.3) is 10.9 Å². The van der Waals surface area contributed by atoms with Gasteiger partial charge in [0.2, 0.25) is 5.91 Å². The van der Waals surface area contributed by atoms with Crippen LogP contribution >= 0.6 is 11.8 Å². The number of hydrogen-bond acceptors (Lipinski definition) is 4. The Morgan fingerprint density at radius 1 is 1.22 bits per heavy atom. The predicted molar refractivity (Wildman–Crippen MR) is 107 cm³/mol. The van der Waals surface area contributed by atoms with Crippen molar-refractivity contribution < 1.29 is 14.7 Å². The molecule has 0 bridgehead atoms. The summed E-state index contributed by atoms with van der Waals surface area (Å²) in [6.07, 6.45) is 1.82. The van der Waals surface area contributed by atoms with Gasteiger partial charge in [-0.1, -0.05) is 18.2 Å². The fourth-order valence-corrected chi connectivity index (χ4v) is 4.85. The number of amides is 2. The molecule has 1 aliphatic rings. The molecule has 138 valence electrons. The van der Waals surface area contributed by atoms with Crippen molar-refractivity contribution in [3.8, 4) is 0 Å². The molecular formula is C20H19N3O3S. The van der Waals surface area contributed by atoms with E-state index >= 15 is 0 Å². The molecule has 7 heteroatoms. The van der Waals surface area contributed by atoms with E-state index in [1.54, 1.807) is 19.2 Å². The first-order chi connectivity index (χ1) is 13.1. The van der Waals surface area contributed by atoms with E-state index in [2.05, 4.69) is 15.6 Å². The molecule has 0 saturated heterocycles. The highest BCUT2D eigenvalue weighted by molar-refractivity contribution is 8.01. The lowest BCUT2D eigenvalue weighted by atomic mass is 9.90. The number of thioether (sulfide) groups is 1. The lowest BCUT2D eigenvalue weighted by Gasteiger charge is -2.26. The highest BCUT2D eigenvalue weighted by Gasteiger charge is 2.49. The van der Waals surface area contributed by atoms with Crippen molar-refractivity contribution >= 4 is 40.2 Å². The van der Waals surface area contributed by atoms with E-state index in [0.29, 0.717) is 11.3 Å². The zero-order chi connectivity index (χ0) is 19.0. The summed E-state index contributed by atoms with van der Waals surface area (Å²) >= 11 is 1.39. The number of carbonyl (C=O) groups is 2. The molecule has 1 aromatic heterocycles. The normalized spacial score (nSPS) is 18.4. The summed E-state index contributed by atoms with van der Waals surface area (Å²) in [5.74, 6) is 0.0783. The summed E-state index contributed by atoms with van der Waals surface area (Å²) in [6, 6.07) is 13.0. The number of H-pyrrole nitrogens is 1. The van der Waals surface area contributed by atoms with E-state index in [4.69, 9.17) is 0 Å². The van der Waals surface area contributed by atoms with Crippen LogP contribution in [0.15, 0.2) is 48.7 Å². The molecule has 27 heavy (non-hydrogen) atoms. The second-order valence-electron chi connectivity index (χ2n) is 6.29. The zero-order valence-electron chi connectivity index (χ0n) is 14.7. The fraction of sp³-hybridized carbons (Fsp3) is 0.200. The Balaban J connectivity index is 1.97. The zero-order valence-corrected chi connectivity index (χ0v) is 15.5. The fourth-order valence-electron chi connectivity index (χ4n) is 3.62. The Hall–Kier alpha value is -2.77. The summed E-state index contributed by atoms with van der Waals surface area (Å²) in [5.41, 5.74) is 3.78. The van der Waals surface area contributed by atoms with Gasteiger partial charge in [0, 0.05) is 52.3 Å². The van der Waals surface area contributed by atoms with Gasteiger partial charge in [0.15, 0.2) is 0 Å². The number of para-hydroxylation sites is 1. The molecule has 2 heterocycles. The summed E-state index contributed by atoms with van der Waals surface area (Å²) < 4.78 is -0.987. The molecule has 2 amide bonds. The number of hydrogen-bond donors (Lipinski definition) is 4. The number of aromatic nitrogens is 1. The average molecular weight is 381 g/mol. The van der Waals surface area contributed by atoms with Gasteiger partial charge in [0.05, 0.1) is 6.61 Å². The van der Waals surface area contributed by atoms with Crippen molar-refractivity contribution in [3.63, 3.8) is 0 Å². The Kier molecular flexibility index (Phi) is 4.41. The number of aromatic amines is 1. The largest absolute Gasteiger partial charge is 0.396 e. The third-order valence-electron chi connectivity index (χ3n) is 4.83. The third-order valence-corrected chi connectivity index (χ3v) is 6.28. The van der Waals surface area contributed by atoms with E-state index in [0.717, 1.165) is 27.7 Å². The van der Waals surface area contributed by atoms with Crippen LogP contribution in [0.2, 0.25) is 0 Å². The minimum Gasteiger partial charge on any atom is -0.396 e. The Bertz CT molecular complexity index is 1050. The lowest BCUT2D eigenvalue weighted by Crippen LogP contribution is -2.33. The molecule has 0 aliphatic carbocycles. The number of nitrogens with one attached hydrogen (secondary N) is 3. The highest BCUT2D eigenvalue weighted by Crippen LogP contribution is 2.52. The van der Waals surface area contributed by atoms with Gasteiger partial charge in [-0.05, 0) is 24.3 Å². The number of aliphatic hydroxyl groups excluding tert-OH is 1. The number of rotatable bonds is 5. The predicted octanol–water partition coefficient (Wildman–Crippen LogP) is 2.45. The second kappa shape index (κ2) is 6.75.